The molecule has 50 valence electrons. The molecule has 3 nitrogen and oxygen atoms in total. The molecular weight excluding hydrogens is 116 g/mol. The van der Waals surface area contributed by atoms with Crippen LogP contribution in [0.25, 0.3) is 0 Å². The third kappa shape index (κ3) is 1.55. The Morgan fingerprint density at radius 2 is 2.33 bits per heavy atom. The van der Waals surface area contributed by atoms with Gasteiger partial charge in [0.25, 0.3) is 0 Å². The number of hydrogen-bond donors (Lipinski definition) is 3. The normalized spacial score (nSPS) is 34.2. The Hall–Kier alpha value is -0.800. The molecule has 5 N–H and O–H groups in total. The second-order valence-electron chi connectivity index (χ2n) is 2.23. The minimum atomic E-state index is -1.18. The smallest absolute Gasteiger partial charge is 0.136 e. The highest BCUT2D eigenvalue weighted by Gasteiger charge is 2.17. The lowest BCUT2D eigenvalue weighted by Crippen LogP contribution is -2.37. The highest BCUT2D eigenvalue weighted by atomic mass is 16.3. The fourth-order valence-electron chi connectivity index (χ4n) is 0.658. The van der Waals surface area contributed by atoms with Gasteiger partial charge in [-0.15, -0.1) is 0 Å². The first-order valence-electron chi connectivity index (χ1n) is 2.76. The molecule has 0 amide bonds. The fourth-order valence-corrected chi connectivity index (χ4v) is 0.658. The number of hydrogen-bond acceptors (Lipinski definition) is 3. The van der Waals surface area contributed by atoms with Crippen molar-refractivity contribution in [3.8, 4) is 0 Å². The zero-order valence-electron chi connectivity index (χ0n) is 5.04. The lowest BCUT2D eigenvalue weighted by molar-refractivity contribution is 0.100. The van der Waals surface area contributed by atoms with Gasteiger partial charge in [0.1, 0.15) is 5.72 Å². The zero-order valence-corrected chi connectivity index (χ0v) is 5.04. The van der Waals surface area contributed by atoms with Crippen LogP contribution in [0.5, 0.6) is 0 Å². The van der Waals surface area contributed by atoms with E-state index in [4.69, 9.17) is 16.6 Å². The highest BCUT2D eigenvalue weighted by molar-refractivity contribution is 5.23. The van der Waals surface area contributed by atoms with Gasteiger partial charge in [-0.2, -0.15) is 0 Å². The largest absolute Gasteiger partial charge is 0.399 e. The van der Waals surface area contributed by atoms with Crippen LogP contribution in [0, 0.1) is 0 Å². The Labute approximate surface area is 53.7 Å². The van der Waals surface area contributed by atoms with Crippen LogP contribution in [0.1, 0.15) is 6.42 Å². The van der Waals surface area contributed by atoms with E-state index in [0.29, 0.717) is 12.1 Å². The summed E-state index contributed by atoms with van der Waals surface area (Å²) >= 11 is 0. The van der Waals surface area contributed by atoms with Gasteiger partial charge in [0.2, 0.25) is 0 Å². The molecule has 0 aromatic heterocycles. The third-order valence-electron chi connectivity index (χ3n) is 1.23. The highest BCUT2D eigenvalue weighted by Crippen LogP contribution is 2.11. The predicted octanol–water partition coefficient (Wildman–Crippen LogP) is -0.564. The van der Waals surface area contributed by atoms with E-state index in [1.54, 1.807) is 12.2 Å². The Morgan fingerprint density at radius 3 is 2.67 bits per heavy atom. The second kappa shape index (κ2) is 1.86. The minimum Gasteiger partial charge on any atom is -0.399 e. The topological polar surface area (TPSA) is 72.3 Å². The second-order valence-corrected chi connectivity index (χ2v) is 2.23. The van der Waals surface area contributed by atoms with E-state index in [1.807, 2.05) is 0 Å². The molecule has 1 unspecified atom stereocenters. The molecule has 0 heterocycles. The molecule has 0 saturated heterocycles. The van der Waals surface area contributed by atoms with E-state index in [0.717, 1.165) is 0 Å². The molecule has 1 atom stereocenters. The van der Waals surface area contributed by atoms with Gasteiger partial charge in [-0.25, -0.2) is 0 Å². The molecule has 0 fully saturated rings. The van der Waals surface area contributed by atoms with Gasteiger partial charge in [0.05, 0.1) is 0 Å². The molecular formula is C6H10N2O. The van der Waals surface area contributed by atoms with Gasteiger partial charge in [-0.3, -0.25) is 0 Å². The van der Waals surface area contributed by atoms with Crippen molar-refractivity contribution in [1.82, 2.24) is 0 Å². The third-order valence-corrected chi connectivity index (χ3v) is 1.23. The van der Waals surface area contributed by atoms with Crippen LogP contribution in [0.15, 0.2) is 23.9 Å². The molecule has 0 radical (unpaired) electrons. The quantitative estimate of drug-likeness (QED) is 0.381. The summed E-state index contributed by atoms with van der Waals surface area (Å²) in [6.07, 6.45) is 5.18. The van der Waals surface area contributed by atoms with Crippen molar-refractivity contribution in [2.24, 2.45) is 11.5 Å². The maximum absolute atomic E-state index is 9.08. The lowest BCUT2D eigenvalue weighted by atomic mass is 10.0. The summed E-state index contributed by atoms with van der Waals surface area (Å²) in [6, 6.07) is 0. The van der Waals surface area contributed by atoms with Gasteiger partial charge in [0, 0.05) is 12.1 Å². The van der Waals surface area contributed by atoms with E-state index >= 15 is 0 Å². The number of nitrogens with two attached hydrogens (primary N) is 2. The average molecular weight is 126 g/mol. The van der Waals surface area contributed by atoms with Gasteiger partial charge < -0.3 is 16.6 Å². The van der Waals surface area contributed by atoms with Crippen LogP contribution in [0.3, 0.4) is 0 Å². The Bertz CT molecular complexity index is 170. The van der Waals surface area contributed by atoms with Crippen molar-refractivity contribution in [1.29, 1.82) is 0 Å². The maximum Gasteiger partial charge on any atom is 0.136 e. The van der Waals surface area contributed by atoms with Gasteiger partial charge >= 0.3 is 0 Å². The molecule has 1 aliphatic rings. The van der Waals surface area contributed by atoms with Crippen molar-refractivity contribution in [2.45, 2.75) is 12.1 Å². The average Bonchev–Trinajstić information content (AvgIpc) is 1.78. The molecule has 0 saturated carbocycles. The lowest BCUT2D eigenvalue weighted by Gasteiger charge is -2.19. The number of allylic oxidation sites excluding steroid dienone is 1. The summed E-state index contributed by atoms with van der Waals surface area (Å²) in [5, 5.41) is 9.08. The molecule has 0 aromatic carbocycles. The van der Waals surface area contributed by atoms with Crippen LogP contribution in [-0.4, -0.2) is 10.8 Å². The van der Waals surface area contributed by atoms with E-state index in [1.165, 1.54) is 6.08 Å². The SMILES string of the molecule is NC1=CCC(N)(O)C=C1. The number of rotatable bonds is 0. The van der Waals surface area contributed by atoms with Crippen LogP contribution < -0.4 is 11.5 Å². The first-order valence-corrected chi connectivity index (χ1v) is 2.76. The predicted molar refractivity (Wildman–Crippen MR) is 35.2 cm³/mol. The minimum absolute atomic E-state index is 0.398. The number of aliphatic hydroxyl groups is 1. The first kappa shape index (κ1) is 6.32. The first-order chi connectivity index (χ1) is 4.10. The van der Waals surface area contributed by atoms with Crippen molar-refractivity contribution in [3.63, 3.8) is 0 Å². The summed E-state index contributed by atoms with van der Waals surface area (Å²) in [7, 11) is 0. The van der Waals surface area contributed by atoms with Crippen molar-refractivity contribution in [3.05, 3.63) is 23.9 Å². The fraction of sp³-hybridized carbons (Fsp3) is 0.333. The van der Waals surface area contributed by atoms with Crippen LogP contribution in [0.2, 0.25) is 0 Å². The van der Waals surface area contributed by atoms with E-state index in [-0.39, 0.29) is 0 Å². The Morgan fingerprint density at radius 1 is 1.67 bits per heavy atom. The van der Waals surface area contributed by atoms with Crippen molar-refractivity contribution >= 4 is 0 Å². The monoisotopic (exact) mass is 126 g/mol. The zero-order chi connectivity index (χ0) is 6.91. The summed E-state index contributed by atoms with van der Waals surface area (Å²) < 4.78 is 0. The Kier molecular flexibility index (Phi) is 1.31. The maximum atomic E-state index is 9.08. The summed E-state index contributed by atoms with van der Waals surface area (Å²) in [6.45, 7) is 0. The molecule has 0 aromatic rings. The van der Waals surface area contributed by atoms with Crippen LogP contribution in [-0.2, 0) is 0 Å². The van der Waals surface area contributed by atoms with Gasteiger partial charge in [-0.05, 0) is 12.2 Å². The van der Waals surface area contributed by atoms with E-state index < -0.39 is 5.72 Å². The molecule has 3 heteroatoms. The molecule has 0 spiro atoms. The van der Waals surface area contributed by atoms with Gasteiger partial charge in [0.15, 0.2) is 0 Å². The molecule has 1 aliphatic carbocycles. The Balaban J connectivity index is 2.70. The summed E-state index contributed by atoms with van der Waals surface area (Å²) in [5.74, 6) is 0. The molecule has 1 rings (SSSR count). The molecule has 0 aliphatic heterocycles. The molecule has 9 heavy (non-hydrogen) atoms. The summed E-state index contributed by atoms with van der Waals surface area (Å²) in [4.78, 5) is 0. The standard InChI is InChI=1S/C6H10N2O/c7-5-1-3-6(8,9)4-2-5/h1-3,9H,4,7-8H2. The molecule has 0 bridgehead atoms. The summed E-state index contributed by atoms with van der Waals surface area (Å²) in [5.41, 5.74) is 10.2. The van der Waals surface area contributed by atoms with Crippen molar-refractivity contribution in [2.75, 3.05) is 0 Å². The van der Waals surface area contributed by atoms with Crippen LogP contribution >= 0.6 is 0 Å². The van der Waals surface area contributed by atoms with E-state index in [2.05, 4.69) is 0 Å². The van der Waals surface area contributed by atoms with E-state index in [9.17, 15) is 0 Å². The van der Waals surface area contributed by atoms with Crippen molar-refractivity contribution < 1.29 is 5.11 Å². The van der Waals surface area contributed by atoms with Gasteiger partial charge in [-0.1, -0.05) is 6.08 Å². The van der Waals surface area contributed by atoms with Crippen LogP contribution in [0.4, 0.5) is 0 Å².